The van der Waals surface area contributed by atoms with Crippen LogP contribution in [0.15, 0.2) is 43.0 Å². The summed E-state index contributed by atoms with van der Waals surface area (Å²) in [4.78, 5) is 29.5. The van der Waals surface area contributed by atoms with E-state index in [1.807, 2.05) is 17.6 Å². The highest BCUT2D eigenvalue weighted by Gasteiger charge is 2.45. The normalized spacial score (nSPS) is 21.3. The molecule has 1 aromatic carbocycles. The molecule has 1 saturated heterocycles. The molecule has 4 rings (SSSR count). The van der Waals surface area contributed by atoms with Gasteiger partial charge in [-0.1, -0.05) is 25.1 Å². The Morgan fingerprint density at radius 2 is 1.90 bits per heavy atom. The smallest absolute Gasteiger partial charge is 0.259 e. The second-order valence-electron chi connectivity index (χ2n) is 10.5. The molecular weight excluding hydrogens is 557 g/mol. The highest BCUT2D eigenvalue weighted by atomic mass is 31.2. The first kappa shape index (κ1) is 31.9. The Kier molecular flexibility index (Phi) is 11.3. The molecule has 3 heterocycles. The van der Waals surface area contributed by atoms with Crippen LogP contribution in [0.5, 0.6) is 0 Å². The predicted octanol–water partition coefficient (Wildman–Crippen LogP) is 5.32. The molecular formula is C29H40N7O5P. The van der Waals surface area contributed by atoms with Crippen molar-refractivity contribution in [1.29, 1.82) is 0 Å². The highest BCUT2D eigenvalue weighted by molar-refractivity contribution is 7.44. The third-order valence-electron chi connectivity index (χ3n) is 6.96. The van der Waals surface area contributed by atoms with E-state index in [2.05, 4.69) is 64.4 Å². The molecule has 1 aliphatic heterocycles. The monoisotopic (exact) mass is 597 g/mol. The summed E-state index contributed by atoms with van der Waals surface area (Å²) in [7, 11) is -1.40. The van der Waals surface area contributed by atoms with Gasteiger partial charge >= 0.3 is 0 Å². The molecule has 0 aliphatic carbocycles. The summed E-state index contributed by atoms with van der Waals surface area (Å²) >= 11 is 0. The van der Waals surface area contributed by atoms with Gasteiger partial charge in [-0.05, 0) is 46.8 Å². The molecule has 0 bridgehead atoms. The van der Waals surface area contributed by atoms with Crippen LogP contribution in [0.25, 0.3) is 16.0 Å². The van der Waals surface area contributed by atoms with Gasteiger partial charge in [0.15, 0.2) is 23.2 Å². The van der Waals surface area contributed by atoms with Crippen molar-refractivity contribution in [2.45, 2.75) is 72.1 Å². The molecule has 13 heteroatoms. The quantitative estimate of drug-likeness (QED) is 0.150. The highest BCUT2D eigenvalue weighted by Crippen LogP contribution is 2.47. The van der Waals surface area contributed by atoms with Crippen molar-refractivity contribution in [3.63, 3.8) is 0 Å². The van der Waals surface area contributed by atoms with Crippen LogP contribution in [-0.4, -0.2) is 80.8 Å². The Morgan fingerprint density at radius 3 is 2.57 bits per heavy atom. The number of nitrogens with zero attached hydrogens (tertiary/aromatic N) is 6. The van der Waals surface area contributed by atoms with Crippen LogP contribution in [0.4, 0.5) is 5.82 Å². The molecule has 1 aliphatic rings. The molecule has 1 fully saturated rings. The fourth-order valence-electron chi connectivity index (χ4n) is 5.04. The first-order valence-corrected chi connectivity index (χ1v) is 15.4. The topological polar surface area (TPSA) is 117 Å². The molecule has 1 amide bonds. The molecule has 0 spiro atoms. The lowest BCUT2D eigenvalue weighted by molar-refractivity contribution is -0.0657. The molecule has 3 aromatic rings. The first-order valence-electron chi connectivity index (χ1n) is 14.2. The number of rotatable bonds is 14. The SMILES string of the molecule is [C-]#[N+]CCOP(OC[C@H]1O[C@@H](n2cnc3c(NC(=O)c4ccccc4)ncnc32)[C@H](OCC)[C@@H]1C)N(C(C)C)C(C)C. The zero-order chi connectivity index (χ0) is 30.2. The van der Waals surface area contributed by atoms with E-state index in [1.165, 1.54) is 6.33 Å². The number of ether oxygens (including phenoxy) is 2. The van der Waals surface area contributed by atoms with Gasteiger partial charge in [-0.2, -0.15) is 0 Å². The molecule has 12 nitrogen and oxygen atoms in total. The molecule has 0 saturated carbocycles. The zero-order valence-electron chi connectivity index (χ0n) is 25.0. The summed E-state index contributed by atoms with van der Waals surface area (Å²) in [5, 5.41) is 2.85. The summed E-state index contributed by atoms with van der Waals surface area (Å²) in [6.07, 6.45) is 1.93. The van der Waals surface area contributed by atoms with Gasteiger partial charge in [0.25, 0.3) is 14.4 Å². The van der Waals surface area contributed by atoms with Crippen molar-refractivity contribution >= 4 is 31.4 Å². The van der Waals surface area contributed by atoms with E-state index in [0.717, 1.165) is 0 Å². The largest absolute Gasteiger partial charge is 0.373 e. The minimum atomic E-state index is -1.40. The Morgan fingerprint density at radius 1 is 1.17 bits per heavy atom. The number of anilines is 1. The van der Waals surface area contributed by atoms with Crippen molar-refractivity contribution in [3.8, 4) is 0 Å². The van der Waals surface area contributed by atoms with Gasteiger partial charge in [0.2, 0.25) is 6.54 Å². The lowest BCUT2D eigenvalue weighted by atomic mass is 10.0. The lowest BCUT2D eigenvalue weighted by Gasteiger charge is -2.36. The number of carbonyl (C=O) groups is 1. The van der Waals surface area contributed by atoms with Crippen LogP contribution in [0, 0.1) is 12.5 Å². The summed E-state index contributed by atoms with van der Waals surface area (Å²) < 4.78 is 29.2. The fourth-order valence-corrected chi connectivity index (χ4v) is 6.65. The van der Waals surface area contributed by atoms with Crippen molar-refractivity contribution in [3.05, 3.63) is 60.0 Å². The number of hydrogen-bond donors (Lipinski definition) is 1. The number of aromatic nitrogens is 4. The van der Waals surface area contributed by atoms with E-state index >= 15 is 0 Å². The van der Waals surface area contributed by atoms with Crippen LogP contribution in [-0.2, 0) is 18.5 Å². The number of carbonyl (C=O) groups excluding carboxylic acids is 1. The van der Waals surface area contributed by atoms with Gasteiger partial charge in [-0.25, -0.2) is 26.2 Å². The van der Waals surface area contributed by atoms with Crippen LogP contribution >= 0.6 is 8.53 Å². The number of imidazole rings is 1. The third-order valence-corrected chi connectivity index (χ3v) is 9.03. The summed E-state index contributed by atoms with van der Waals surface area (Å²) in [5.41, 5.74) is 1.49. The molecule has 42 heavy (non-hydrogen) atoms. The molecule has 1 N–H and O–H groups in total. The van der Waals surface area contributed by atoms with Gasteiger partial charge in [-0.3, -0.25) is 9.36 Å². The molecule has 0 radical (unpaired) electrons. The summed E-state index contributed by atoms with van der Waals surface area (Å²) in [6.45, 7) is 20.9. The van der Waals surface area contributed by atoms with E-state index in [0.29, 0.717) is 42.4 Å². The Balaban J connectivity index is 1.54. The van der Waals surface area contributed by atoms with E-state index < -0.39 is 14.8 Å². The number of hydrogen-bond acceptors (Lipinski definition) is 9. The van der Waals surface area contributed by atoms with Gasteiger partial charge in [-0.15, -0.1) is 0 Å². The van der Waals surface area contributed by atoms with E-state index in [-0.39, 0.29) is 42.7 Å². The van der Waals surface area contributed by atoms with E-state index in [4.69, 9.17) is 25.1 Å². The minimum absolute atomic E-state index is 0.0156. The maximum atomic E-state index is 12.8. The zero-order valence-corrected chi connectivity index (χ0v) is 25.9. The fraction of sp³-hybridized carbons (Fsp3) is 0.552. The minimum Gasteiger partial charge on any atom is -0.373 e. The molecule has 226 valence electrons. The first-order chi connectivity index (χ1) is 20.3. The second kappa shape index (κ2) is 14.9. The summed E-state index contributed by atoms with van der Waals surface area (Å²) in [6, 6.07) is 9.32. The molecule has 2 aromatic heterocycles. The lowest BCUT2D eigenvalue weighted by Crippen LogP contribution is -2.35. The van der Waals surface area contributed by atoms with Gasteiger partial charge < -0.3 is 28.7 Å². The average molecular weight is 598 g/mol. The second-order valence-corrected chi connectivity index (χ2v) is 12.0. The van der Waals surface area contributed by atoms with Crippen molar-refractivity contribution in [2.24, 2.45) is 5.92 Å². The Labute approximate surface area is 248 Å². The number of nitrogens with one attached hydrogen (secondary N) is 1. The molecule has 1 unspecified atom stereocenters. The number of fused-ring (bicyclic) bond motifs is 1. The maximum absolute atomic E-state index is 12.8. The molecule has 5 atom stereocenters. The van der Waals surface area contributed by atoms with Gasteiger partial charge in [0.1, 0.15) is 19.0 Å². The predicted molar refractivity (Wildman–Crippen MR) is 161 cm³/mol. The van der Waals surface area contributed by atoms with Gasteiger partial charge in [0.05, 0.1) is 19.0 Å². The van der Waals surface area contributed by atoms with Crippen LogP contribution in [0.2, 0.25) is 0 Å². The average Bonchev–Trinajstić information content (AvgIpc) is 3.53. The number of amides is 1. The standard InChI is InChI=1S/C29H40N7O5P/c1-8-38-25-21(6)23(16-40-42(39-15-14-30-7)36(19(2)3)20(4)5)41-29(25)35-18-33-24-26(31-17-32-27(24)35)34-28(37)22-12-10-9-11-13-22/h9-13,17-21,23,25,29H,8,14-16H2,1-6H3,(H,31,32,34,37)/t21-,23-,25-,29-,42?/m1/s1. The van der Waals surface area contributed by atoms with Crippen molar-refractivity contribution in [1.82, 2.24) is 24.2 Å². The summed E-state index contributed by atoms with van der Waals surface area (Å²) in [5.74, 6) is 0.0153. The van der Waals surface area contributed by atoms with Crippen molar-refractivity contribution in [2.75, 3.05) is 31.7 Å². The van der Waals surface area contributed by atoms with Crippen LogP contribution in [0.1, 0.15) is 58.1 Å². The van der Waals surface area contributed by atoms with Gasteiger partial charge in [0, 0.05) is 30.2 Å². The maximum Gasteiger partial charge on any atom is 0.259 e. The van der Waals surface area contributed by atoms with E-state index in [9.17, 15) is 4.79 Å². The Bertz CT molecular complexity index is 1340. The Hall–Kier alpha value is -3.04. The number of benzene rings is 1. The van der Waals surface area contributed by atoms with E-state index in [1.54, 1.807) is 30.6 Å². The van der Waals surface area contributed by atoms with Crippen molar-refractivity contribution < 1.29 is 23.3 Å². The van der Waals surface area contributed by atoms with Crippen LogP contribution < -0.4 is 5.32 Å². The third kappa shape index (κ3) is 7.29. The van der Waals surface area contributed by atoms with Crippen LogP contribution in [0.3, 0.4) is 0 Å².